The number of aryl methyl sites for hydroxylation is 1. The number of aromatic nitrogens is 2. The van der Waals surface area contributed by atoms with E-state index in [0.717, 1.165) is 11.3 Å². The maximum Gasteiger partial charge on any atom is 0.270 e. The molecular weight excluding hydrogens is 356 g/mol. The second kappa shape index (κ2) is 6.36. The molecule has 0 saturated heterocycles. The molecule has 134 valence electrons. The van der Waals surface area contributed by atoms with Gasteiger partial charge in [-0.05, 0) is 43.7 Å². The van der Waals surface area contributed by atoms with E-state index in [9.17, 15) is 18.5 Å². The Balaban J connectivity index is 2.09. The van der Waals surface area contributed by atoms with Gasteiger partial charge in [0.25, 0.3) is 5.69 Å². The lowest BCUT2D eigenvalue weighted by Gasteiger charge is -2.07. The number of benzene rings is 2. The fourth-order valence-electron chi connectivity index (χ4n) is 2.86. The number of sulfonamides is 1. The standard InChI is InChI=1S/C17H16N4O4S/c1-11-17(13-4-3-5-15(10-13)21(22)23)12(2)20(19-11)14-6-8-16(9-7-14)26(18,24)25/h3-10H,1-2H3,(H2,18,24,25). The minimum atomic E-state index is -3.76. The zero-order valence-corrected chi connectivity index (χ0v) is 14.9. The van der Waals surface area contributed by atoms with E-state index in [1.54, 1.807) is 28.9 Å². The summed E-state index contributed by atoms with van der Waals surface area (Å²) in [5.74, 6) is 0. The van der Waals surface area contributed by atoms with Crippen LogP contribution in [-0.2, 0) is 10.0 Å². The van der Waals surface area contributed by atoms with Crippen molar-refractivity contribution in [1.82, 2.24) is 9.78 Å². The monoisotopic (exact) mass is 372 g/mol. The lowest BCUT2D eigenvalue weighted by atomic mass is 10.0. The molecule has 0 unspecified atom stereocenters. The number of nitro benzene ring substituents is 1. The van der Waals surface area contributed by atoms with Crippen LogP contribution in [0.25, 0.3) is 16.8 Å². The van der Waals surface area contributed by atoms with Crippen LogP contribution < -0.4 is 5.14 Å². The number of primary sulfonamides is 1. The number of nitrogens with two attached hydrogens (primary N) is 1. The van der Waals surface area contributed by atoms with Crippen LogP contribution in [-0.4, -0.2) is 23.1 Å². The van der Waals surface area contributed by atoms with Crippen molar-refractivity contribution < 1.29 is 13.3 Å². The Bertz CT molecular complexity index is 1100. The molecule has 3 aromatic rings. The van der Waals surface area contributed by atoms with E-state index in [0.29, 0.717) is 16.9 Å². The molecule has 0 spiro atoms. The fraction of sp³-hybridized carbons (Fsp3) is 0.118. The first kappa shape index (κ1) is 17.8. The first-order valence-electron chi connectivity index (χ1n) is 7.63. The van der Waals surface area contributed by atoms with Gasteiger partial charge in [-0.15, -0.1) is 0 Å². The lowest BCUT2D eigenvalue weighted by Crippen LogP contribution is -2.12. The topological polar surface area (TPSA) is 121 Å². The van der Waals surface area contributed by atoms with Gasteiger partial charge in [-0.2, -0.15) is 5.10 Å². The fourth-order valence-corrected chi connectivity index (χ4v) is 3.38. The molecule has 0 aliphatic carbocycles. The van der Waals surface area contributed by atoms with Crippen molar-refractivity contribution >= 4 is 15.7 Å². The maximum atomic E-state index is 11.4. The van der Waals surface area contributed by atoms with Crippen LogP contribution in [0.3, 0.4) is 0 Å². The molecule has 0 bridgehead atoms. The average Bonchev–Trinajstić information content (AvgIpc) is 2.89. The van der Waals surface area contributed by atoms with Crippen molar-refractivity contribution in [1.29, 1.82) is 0 Å². The van der Waals surface area contributed by atoms with Crippen LogP contribution >= 0.6 is 0 Å². The van der Waals surface area contributed by atoms with E-state index in [1.165, 1.54) is 24.3 Å². The number of hydrogen-bond donors (Lipinski definition) is 1. The van der Waals surface area contributed by atoms with E-state index in [2.05, 4.69) is 5.10 Å². The number of rotatable bonds is 4. The molecule has 1 heterocycles. The van der Waals surface area contributed by atoms with E-state index < -0.39 is 14.9 Å². The predicted molar refractivity (Wildman–Crippen MR) is 96.5 cm³/mol. The largest absolute Gasteiger partial charge is 0.270 e. The summed E-state index contributed by atoms with van der Waals surface area (Å²) in [5, 5.41) is 20.6. The molecule has 2 aromatic carbocycles. The van der Waals surface area contributed by atoms with Gasteiger partial charge < -0.3 is 0 Å². The Morgan fingerprint density at radius 3 is 2.35 bits per heavy atom. The van der Waals surface area contributed by atoms with Crippen LogP contribution in [0, 0.1) is 24.0 Å². The summed E-state index contributed by atoms with van der Waals surface area (Å²) in [6.07, 6.45) is 0. The molecule has 26 heavy (non-hydrogen) atoms. The highest BCUT2D eigenvalue weighted by molar-refractivity contribution is 7.89. The second-order valence-electron chi connectivity index (χ2n) is 5.80. The van der Waals surface area contributed by atoms with Gasteiger partial charge in [0.05, 0.1) is 21.2 Å². The minimum Gasteiger partial charge on any atom is -0.258 e. The van der Waals surface area contributed by atoms with E-state index in [4.69, 9.17) is 5.14 Å². The third kappa shape index (κ3) is 3.22. The molecule has 0 saturated carbocycles. The Kier molecular flexibility index (Phi) is 4.34. The van der Waals surface area contributed by atoms with Crippen molar-refractivity contribution in [2.75, 3.05) is 0 Å². The summed E-state index contributed by atoms with van der Waals surface area (Å²) in [6.45, 7) is 3.66. The van der Waals surface area contributed by atoms with Gasteiger partial charge >= 0.3 is 0 Å². The number of non-ortho nitro benzene ring substituents is 1. The Morgan fingerprint density at radius 1 is 1.12 bits per heavy atom. The van der Waals surface area contributed by atoms with Gasteiger partial charge in [0.15, 0.2) is 0 Å². The summed E-state index contributed by atoms with van der Waals surface area (Å²) in [6, 6.07) is 12.4. The number of hydrogen-bond acceptors (Lipinski definition) is 5. The summed E-state index contributed by atoms with van der Waals surface area (Å²) in [4.78, 5) is 10.6. The van der Waals surface area contributed by atoms with Crippen LogP contribution in [0.1, 0.15) is 11.4 Å². The zero-order chi connectivity index (χ0) is 19.1. The van der Waals surface area contributed by atoms with Gasteiger partial charge in [-0.3, -0.25) is 10.1 Å². The summed E-state index contributed by atoms with van der Waals surface area (Å²) >= 11 is 0. The van der Waals surface area contributed by atoms with Gasteiger partial charge in [-0.1, -0.05) is 12.1 Å². The predicted octanol–water partition coefficient (Wildman–Crippen LogP) is 2.71. The lowest BCUT2D eigenvalue weighted by molar-refractivity contribution is -0.384. The summed E-state index contributed by atoms with van der Waals surface area (Å²) in [5.41, 5.74) is 3.65. The third-order valence-corrected chi connectivity index (χ3v) is 4.98. The normalized spacial score (nSPS) is 11.5. The van der Waals surface area contributed by atoms with Crippen molar-refractivity contribution in [3.63, 3.8) is 0 Å². The first-order chi connectivity index (χ1) is 12.2. The smallest absolute Gasteiger partial charge is 0.258 e. The molecule has 0 atom stereocenters. The van der Waals surface area contributed by atoms with Gasteiger partial charge in [0.1, 0.15) is 0 Å². The average molecular weight is 372 g/mol. The van der Waals surface area contributed by atoms with E-state index >= 15 is 0 Å². The third-order valence-electron chi connectivity index (χ3n) is 4.05. The minimum absolute atomic E-state index is 0.00607. The van der Waals surface area contributed by atoms with Gasteiger partial charge in [-0.25, -0.2) is 18.2 Å². The highest BCUT2D eigenvalue weighted by Crippen LogP contribution is 2.31. The SMILES string of the molecule is Cc1nn(-c2ccc(S(N)(=O)=O)cc2)c(C)c1-c1cccc([N+](=O)[O-])c1. The summed E-state index contributed by atoms with van der Waals surface area (Å²) in [7, 11) is -3.76. The van der Waals surface area contributed by atoms with Crippen molar-refractivity contribution in [3.05, 3.63) is 70.0 Å². The van der Waals surface area contributed by atoms with Crippen molar-refractivity contribution in [2.45, 2.75) is 18.7 Å². The molecule has 3 rings (SSSR count). The molecular formula is C17H16N4O4S. The Hall–Kier alpha value is -3.04. The van der Waals surface area contributed by atoms with Crippen molar-refractivity contribution in [3.8, 4) is 16.8 Å². The van der Waals surface area contributed by atoms with Gasteiger partial charge in [0.2, 0.25) is 10.0 Å². The molecule has 2 N–H and O–H groups in total. The zero-order valence-electron chi connectivity index (χ0n) is 14.1. The van der Waals surface area contributed by atoms with E-state index in [1.807, 2.05) is 13.8 Å². The molecule has 0 aliphatic rings. The van der Waals surface area contributed by atoms with Crippen LogP contribution in [0.15, 0.2) is 53.4 Å². The highest BCUT2D eigenvalue weighted by Gasteiger charge is 2.17. The highest BCUT2D eigenvalue weighted by atomic mass is 32.2. The van der Waals surface area contributed by atoms with Crippen LogP contribution in [0.4, 0.5) is 5.69 Å². The Morgan fingerprint density at radius 2 is 1.77 bits per heavy atom. The number of nitrogens with zero attached hydrogens (tertiary/aromatic N) is 3. The molecule has 8 nitrogen and oxygen atoms in total. The van der Waals surface area contributed by atoms with Crippen LogP contribution in [0.5, 0.6) is 0 Å². The van der Waals surface area contributed by atoms with Gasteiger partial charge in [0, 0.05) is 23.4 Å². The first-order valence-corrected chi connectivity index (χ1v) is 9.17. The molecule has 0 radical (unpaired) electrons. The van der Waals surface area contributed by atoms with Crippen molar-refractivity contribution in [2.24, 2.45) is 5.14 Å². The maximum absolute atomic E-state index is 11.4. The summed E-state index contributed by atoms with van der Waals surface area (Å²) < 4.78 is 24.4. The van der Waals surface area contributed by atoms with E-state index in [-0.39, 0.29) is 10.6 Å². The molecule has 9 heteroatoms. The molecule has 0 fully saturated rings. The second-order valence-corrected chi connectivity index (χ2v) is 7.37. The molecule has 0 aliphatic heterocycles. The number of nitro groups is 1. The Labute approximate surface area is 150 Å². The molecule has 1 aromatic heterocycles. The van der Waals surface area contributed by atoms with Crippen LogP contribution in [0.2, 0.25) is 0 Å². The molecule has 0 amide bonds. The quantitative estimate of drug-likeness (QED) is 0.557.